The zero-order valence-corrected chi connectivity index (χ0v) is 20.1. The van der Waals surface area contributed by atoms with Gasteiger partial charge in [0.05, 0.1) is 24.6 Å². The summed E-state index contributed by atoms with van der Waals surface area (Å²) in [6, 6.07) is 20.7. The summed E-state index contributed by atoms with van der Waals surface area (Å²) in [6.07, 6.45) is 5.54. The van der Waals surface area contributed by atoms with Gasteiger partial charge in [-0.05, 0) is 73.9 Å². The summed E-state index contributed by atoms with van der Waals surface area (Å²) in [6.45, 7) is 3.03. The Hall–Kier alpha value is -3.57. The molecule has 5 nitrogen and oxygen atoms in total. The lowest BCUT2D eigenvalue weighted by Crippen LogP contribution is -2.24. The Labute approximate surface area is 204 Å². The summed E-state index contributed by atoms with van der Waals surface area (Å²) in [7, 11) is 1.64. The molecule has 3 aromatic carbocycles. The predicted molar refractivity (Wildman–Crippen MR) is 139 cm³/mol. The molecule has 0 saturated carbocycles. The van der Waals surface area contributed by atoms with Crippen LogP contribution in [0, 0.1) is 0 Å². The number of rotatable bonds is 9. The van der Waals surface area contributed by atoms with E-state index in [-0.39, 0.29) is 5.56 Å². The van der Waals surface area contributed by atoms with Gasteiger partial charge in [-0.15, -0.1) is 0 Å². The number of fused-ring (bicyclic) bond motifs is 1. The van der Waals surface area contributed by atoms with E-state index in [4.69, 9.17) is 26.1 Å². The molecule has 6 heteroatoms. The SMILES string of the molecule is CC=Cc1ccc(OCCCCn2c(-c3ccc(Cl)cc3)nc3ccccc3c2=O)c(OC)c1. The molecule has 4 rings (SSSR count). The second-order valence-electron chi connectivity index (χ2n) is 7.88. The van der Waals surface area contributed by atoms with Crippen molar-refractivity contribution in [3.8, 4) is 22.9 Å². The third-order valence-corrected chi connectivity index (χ3v) is 5.80. The maximum Gasteiger partial charge on any atom is 0.261 e. The molecular weight excluding hydrogens is 448 g/mol. The maximum atomic E-state index is 13.3. The van der Waals surface area contributed by atoms with Crippen molar-refractivity contribution >= 4 is 28.6 Å². The summed E-state index contributed by atoms with van der Waals surface area (Å²) in [5.41, 5.74) is 2.56. The molecule has 0 atom stereocenters. The third kappa shape index (κ3) is 5.32. The number of halogens is 1. The fraction of sp³-hybridized carbons (Fsp3) is 0.214. The van der Waals surface area contributed by atoms with E-state index < -0.39 is 0 Å². The van der Waals surface area contributed by atoms with Crippen LogP contribution in [0.1, 0.15) is 25.3 Å². The largest absolute Gasteiger partial charge is 0.493 e. The van der Waals surface area contributed by atoms with Gasteiger partial charge in [-0.1, -0.05) is 42.0 Å². The number of unbranched alkanes of at least 4 members (excludes halogenated alkanes) is 1. The van der Waals surface area contributed by atoms with Crippen molar-refractivity contribution in [2.24, 2.45) is 0 Å². The summed E-state index contributed by atoms with van der Waals surface area (Å²) >= 11 is 6.06. The van der Waals surface area contributed by atoms with E-state index in [1.807, 2.05) is 85.8 Å². The second-order valence-corrected chi connectivity index (χ2v) is 8.32. The minimum atomic E-state index is -0.0438. The minimum absolute atomic E-state index is 0.0438. The van der Waals surface area contributed by atoms with Gasteiger partial charge in [0.2, 0.25) is 0 Å². The Kier molecular flexibility index (Phi) is 7.65. The first-order chi connectivity index (χ1) is 16.6. The van der Waals surface area contributed by atoms with Gasteiger partial charge in [-0.2, -0.15) is 0 Å². The monoisotopic (exact) mass is 474 g/mol. The van der Waals surface area contributed by atoms with E-state index in [0.717, 1.165) is 24.0 Å². The molecule has 4 aromatic rings. The van der Waals surface area contributed by atoms with Gasteiger partial charge in [0.25, 0.3) is 5.56 Å². The first-order valence-corrected chi connectivity index (χ1v) is 11.7. The molecule has 0 aliphatic carbocycles. The molecule has 1 heterocycles. The van der Waals surface area contributed by atoms with Crippen LogP contribution >= 0.6 is 11.6 Å². The van der Waals surface area contributed by atoms with Crippen LogP contribution in [0.25, 0.3) is 28.4 Å². The average Bonchev–Trinajstić information content (AvgIpc) is 2.86. The zero-order chi connectivity index (χ0) is 23.9. The molecule has 174 valence electrons. The zero-order valence-electron chi connectivity index (χ0n) is 19.3. The Morgan fingerprint density at radius 2 is 1.79 bits per heavy atom. The number of aromatic nitrogens is 2. The van der Waals surface area contributed by atoms with Crippen LogP contribution in [-0.2, 0) is 6.54 Å². The van der Waals surface area contributed by atoms with Gasteiger partial charge in [0.15, 0.2) is 11.5 Å². The molecule has 34 heavy (non-hydrogen) atoms. The fourth-order valence-corrected chi connectivity index (χ4v) is 3.97. The van der Waals surface area contributed by atoms with Crippen LogP contribution in [0.5, 0.6) is 11.5 Å². The fourth-order valence-electron chi connectivity index (χ4n) is 3.85. The second kappa shape index (κ2) is 11.0. The molecule has 0 bridgehead atoms. The molecule has 0 aliphatic heterocycles. The number of benzene rings is 3. The number of para-hydroxylation sites is 1. The van der Waals surface area contributed by atoms with Crippen molar-refractivity contribution in [2.75, 3.05) is 13.7 Å². The van der Waals surface area contributed by atoms with Crippen LogP contribution in [0.3, 0.4) is 0 Å². The number of methoxy groups -OCH3 is 1. The number of hydrogen-bond donors (Lipinski definition) is 0. The highest BCUT2D eigenvalue weighted by Gasteiger charge is 2.13. The van der Waals surface area contributed by atoms with E-state index in [1.54, 1.807) is 11.7 Å². The van der Waals surface area contributed by atoms with Gasteiger partial charge < -0.3 is 9.47 Å². The number of hydrogen-bond acceptors (Lipinski definition) is 4. The Bertz CT molecular complexity index is 1360. The standard InChI is InChI=1S/C28H27ClN2O3/c1-3-8-20-11-16-25(26(19-20)33-2)34-18-7-6-17-31-27(21-12-14-22(29)15-13-21)30-24-10-5-4-9-23(24)28(31)32/h3-5,8-16,19H,6-7,17-18H2,1-2H3. The Balaban J connectivity index is 1.49. The topological polar surface area (TPSA) is 53.4 Å². The summed E-state index contributed by atoms with van der Waals surface area (Å²) < 4.78 is 13.2. The lowest BCUT2D eigenvalue weighted by molar-refractivity contribution is 0.283. The average molecular weight is 475 g/mol. The van der Waals surface area contributed by atoms with E-state index >= 15 is 0 Å². The number of allylic oxidation sites excluding steroid dienone is 1. The van der Waals surface area contributed by atoms with Crippen LogP contribution in [0.2, 0.25) is 5.02 Å². The molecule has 0 spiro atoms. The highest BCUT2D eigenvalue weighted by molar-refractivity contribution is 6.30. The molecule has 0 N–H and O–H groups in total. The van der Waals surface area contributed by atoms with Crippen molar-refractivity contribution in [2.45, 2.75) is 26.3 Å². The molecule has 0 unspecified atom stereocenters. The molecular formula is C28H27ClN2O3. The van der Waals surface area contributed by atoms with Crippen molar-refractivity contribution in [3.05, 3.63) is 93.7 Å². The number of nitrogens with zero attached hydrogens (tertiary/aromatic N) is 2. The maximum absolute atomic E-state index is 13.3. The summed E-state index contributed by atoms with van der Waals surface area (Å²) in [5, 5.41) is 1.26. The van der Waals surface area contributed by atoms with E-state index in [2.05, 4.69) is 0 Å². The Morgan fingerprint density at radius 3 is 2.56 bits per heavy atom. The quantitative estimate of drug-likeness (QED) is 0.256. The third-order valence-electron chi connectivity index (χ3n) is 5.54. The molecule has 0 saturated heterocycles. The van der Waals surface area contributed by atoms with Gasteiger partial charge in [0.1, 0.15) is 5.82 Å². The summed E-state index contributed by atoms with van der Waals surface area (Å²) in [5.74, 6) is 2.06. The summed E-state index contributed by atoms with van der Waals surface area (Å²) in [4.78, 5) is 18.1. The predicted octanol–water partition coefficient (Wildman–Crippen LogP) is 6.62. The van der Waals surface area contributed by atoms with Crippen molar-refractivity contribution in [1.82, 2.24) is 9.55 Å². The minimum Gasteiger partial charge on any atom is -0.493 e. The highest BCUT2D eigenvalue weighted by atomic mass is 35.5. The lowest BCUT2D eigenvalue weighted by atomic mass is 10.1. The van der Waals surface area contributed by atoms with Gasteiger partial charge in [-0.3, -0.25) is 9.36 Å². The van der Waals surface area contributed by atoms with Crippen LogP contribution in [0.4, 0.5) is 0 Å². The normalized spacial score (nSPS) is 11.3. The molecule has 1 aromatic heterocycles. The number of ether oxygens (including phenoxy) is 2. The molecule has 0 radical (unpaired) electrons. The van der Waals surface area contributed by atoms with Crippen LogP contribution < -0.4 is 15.0 Å². The smallest absolute Gasteiger partial charge is 0.261 e. The van der Waals surface area contributed by atoms with Crippen molar-refractivity contribution in [3.63, 3.8) is 0 Å². The van der Waals surface area contributed by atoms with E-state index in [9.17, 15) is 4.79 Å². The van der Waals surface area contributed by atoms with Gasteiger partial charge in [0, 0.05) is 17.1 Å². The van der Waals surface area contributed by atoms with Crippen LogP contribution in [0.15, 0.2) is 77.6 Å². The van der Waals surface area contributed by atoms with Gasteiger partial charge in [-0.25, -0.2) is 4.98 Å². The molecule has 0 amide bonds. The first kappa shape index (κ1) is 23.6. The van der Waals surface area contributed by atoms with E-state index in [1.165, 1.54) is 0 Å². The highest BCUT2D eigenvalue weighted by Crippen LogP contribution is 2.29. The van der Waals surface area contributed by atoms with Crippen LogP contribution in [-0.4, -0.2) is 23.3 Å². The lowest BCUT2D eigenvalue weighted by Gasteiger charge is -2.15. The first-order valence-electron chi connectivity index (χ1n) is 11.3. The Morgan fingerprint density at radius 1 is 1.00 bits per heavy atom. The van der Waals surface area contributed by atoms with Gasteiger partial charge >= 0.3 is 0 Å². The van der Waals surface area contributed by atoms with E-state index in [0.29, 0.717) is 46.4 Å². The van der Waals surface area contributed by atoms with Crippen molar-refractivity contribution in [1.29, 1.82) is 0 Å². The molecule has 0 fully saturated rings. The molecule has 0 aliphatic rings. The van der Waals surface area contributed by atoms with Crippen molar-refractivity contribution < 1.29 is 9.47 Å².